The van der Waals surface area contributed by atoms with Crippen LogP contribution in [0.4, 0.5) is 0 Å². The molecule has 1 aliphatic carbocycles. The summed E-state index contributed by atoms with van der Waals surface area (Å²) in [5.74, 6) is 0.418. The normalized spacial score (nSPS) is 23.5. The maximum atomic E-state index is 12.0. The number of nitrogens with zero attached hydrogens (tertiary/aromatic N) is 1. The van der Waals surface area contributed by atoms with Crippen LogP contribution in [-0.4, -0.2) is 28.2 Å². The van der Waals surface area contributed by atoms with Crippen LogP contribution >= 0.6 is 0 Å². The van der Waals surface area contributed by atoms with Gasteiger partial charge in [0.05, 0.1) is 6.10 Å². The van der Waals surface area contributed by atoms with Gasteiger partial charge in [0.1, 0.15) is 5.69 Å². The second kappa shape index (κ2) is 4.92. The van der Waals surface area contributed by atoms with Gasteiger partial charge in [0.25, 0.3) is 5.91 Å². The Morgan fingerprint density at radius 3 is 2.88 bits per heavy atom. The molecule has 0 radical (unpaired) electrons. The van der Waals surface area contributed by atoms with Crippen LogP contribution in [0.3, 0.4) is 0 Å². The van der Waals surface area contributed by atoms with Crippen molar-refractivity contribution in [3.8, 4) is 0 Å². The van der Waals surface area contributed by atoms with Gasteiger partial charge < -0.3 is 15.0 Å². The number of nitrogens with one attached hydrogen (secondary N) is 1. The van der Waals surface area contributed by atoms with Gasteiger partial charge in [-0.25, -0.2) is 0 Å². The van der Waals surface area contributed by atoms with Crippen molar-refractivity contribution < 1.29 is 9.90 Å². The molecule has 17 heavy (non-hydrogen) atoms. The largest absolute Gasteiger partial charge is 0.393 e. The quantitative estimate of drug-likeness (QED) is 0.833. The molecule has 94 valence electrons. The molecule has 0 aromatic carbocycles. The number of amides is 1. The van der Waals surface area contributed by atoms with Crippen LogP contribution in [0.25, 0.3) is 0 Å². The van der Waals surface area contributed by atoms with E-state index >= 15 is 0 Å². The van der Waals surface area contributed by atoms with Gasteiger partial charge in [0, 0.05) is 18.8 Å². The fraction of sp³-hybridized carbons (Fsp3) is 0.615. The van der Waals surface area contributed by atoms with Gasteiger partial charge >= 0.3 is 0 Å². The first kappa shape index (κ1) is 12.2. The highest BCUT2D eigenvalue weighted by Gasteiger charge is 2.27. The number of rotatable bonds is 4. The van der Waals surface area contributed by atoms with E-state index in [0.29, 0.717) is 18.2 Å². The summed E-state index contributed by atoms with van der Waals surface area (Å²) in [7, 11) is 0. The fourth-order valence-corrected chi connectivity index (χ4v) is 2.23. The van der Waals surface area contributed by atoms with Gasteiger partial charge in [0.15, 0.2) is 0 Å². The van der Waals surface area contributed by atoms with Crippen LogP contribution in [0.5, 0.6) is 0 Å². The average Bonchev–Trinajstić information content (AvgIpc) is 2.71. The highest BCUT2D eigenvalue weighted by molar-refractivity contribution is 5.92. The molecule has 0 atom stereocenters. The molecule has 0 aliphatic heterocycles. The van der Waals surface area contributed by atoms with Crippen LogP contribution < -0.4 is 5.32 Å². The van der Waals surface area contributed by atoms with Crippen molar-refractivity contribution in [3.63, 3.8) is 0 Å². The first-order valence-electron chi connectivity index (χ1n) is 6.21. The van der Waals surface area contributed by atoms with E-state index in [4.69, 9.17) is 5.11 Å². The number of hydrogen-bond donors (Lipinski definition) is 2. The lowest BCUT2D eigenvalue weighted by Crippen LogP contribution is -2.38. The predicted molar refractivity (Wildman–Crippen MR) is 65.9 cm³/mol. The Bertz CT molecular complexity index is 392. The fourth-order valence-electron chi connectivity index (χ4n) is 2.23. The molecule has 1 saturated carbocycles. The van der Waals surface area contributed by atoms with E-state index in [1.165, 1.54) is 0 Å². The van der Waals surface area contributed by atoms with Crippen LogP contribution in [0.15, 0.2) is 18.3 Å². The minimum Gasteiger partial charge on any atom is -0.393 e. The summed E-state index contributed by atoms with van der Waals surface area (Å²) < 4.78 is 1.96. The Labute approximate surface area is 102 Å². The van der Waals surface area contributed by atoms with Crippen molar-refractivity contribution >= 4 is 5.91 Å². The summed E-state index contributed by atoms with van der Waals surface area (Å²) >= 11 is 0. The van der Waals surface area contributed by atoms with Crippen LogP contribution in [0.1, 0.15) is 43.2 Å². The SMILES string of the molecule is CC(C)n1cccc1C(=O)NCC1CC(O)C1. The molecule has 0 saturated heterocycles. The Morgan fingerprint density at radius 1 is 1.59 bits per heavy atom. The molecule has 0 unspecified atom stereocenters. The standard InChI is InChI=1S/C13H20N2O2/c1-9(2)15-5-3-4-12(15)13(17)14-8-10-6-11(16)7-10/h3-5,9-11,16H,6-8H2,1-2H3,(H,14,17). The van der Waals surface area contributed by atoms with Gasteiger partial charge in [-0.3, -0.25) is 4.79 Å². The molecule has 1 aromatic heterocycles. The molecule has 2 N–H and O–H groups in total. The molecule has 1 aromatic rings. The second-order valence-electron chi connectivity index (χ2n) is 5.10. The Hall–Kier alpha value is -1.29. The molecule has 2 rings (SSSR count). The first-order chi connectivity index (χ1) is 8.08. The van der Waals surface area contributed by atoms with Crippen molar-refractivity contribution in [1.82, 2.24) is 9.88 Å². The molecular weight excluding hydrogens is 216 g/mol. The highest BCUT2D eigenvalue weighted by atomic mass is 16.3. The van der Waals surface area contributed by atoms with E-state index in [0.717, 1.165) is 12.8 Å². The number of aromatic nitrogens is 1. The van der Waals surface area contributed by atoms with Crippen LogP contribution in [-0.2, 0) is 0 Å². The van der Waals surface area contributed by atoms with E-state index in [9.17, 15) is 4.79 Å². The summed E-state index contributed by atoms with van der Waals surface area (Å²) in [4.78, 5) is 12.0. The number of hydrogen-bond acceptors (Lipinski definition) is 2. The van der Waals surface area contributed by atoms with Gasteiger partial charge in [0.2, 0.25) is 0 Å². The lowest BCUT2D eigenvalue weighted by Gasteiger charge is -2.31. The molecule has 4 heteroatoms. The number of carbonyl (C=O) groups is 1. The van der Waals surface area contributed by atoms with E-state index in [1.54, 1.807) is 0 Å². The topological polar surface area (TPSA) is 54.3 Å². The molecule has 1 heterocycles. The van der Waals surface area contributed by atoms with E-state index in [1.807, 2.05) is 22.9 Å². The van der Waals surface area contributed by atoms with Crippen molar-refractivity contribution in [2.45, 2.75) is 38.8 Å². The highest BCUT2D eigenvalue weighted by Crippen LogP contribution is 2.26. The Morgan fingerprint density at radius 2 is 2.29 bits per heavy atom. The molecular formula is C13H20N2O2. The summed E-state index contributed by atoms with van der Waals surface area (Å²) in [5.41, 5.74) is 0.708. The third-order valence-corrected chi connectivity index (χ3v) is 3.33. The first-order valence-corrected chi connectivity index (χ1v) is 6.21. The summed E-state index contributed by atoms with van der Waals surface area (Å²) in [6.45, 7) is 4.78. The third kappa shape index (κ3) is 2.69. The van der Waals surface area contributed by atoms with Gasteiger partial charge in [-0.15, -0.1) is 0 Å². The molecule has 1 fully saturated rings. The van der Waals surface area contributed by atoms with Gasteiger partial charge in [-0.2, -0.15) is 0 Å². The average molecular weight is 236 g/mol. The minimum absolute atomic E-state index is 0.0231. The van der Waals surface area contributed by atoms with E-state index in [2.05, 4.69) is 19.2 Å². The monoisotopic (exact) mass is 236 g/mol. The van der Waals surface area contributed by atoms with Crippen LogP contribution in [0, 0.1) is 5.92 Å². The predicted octanol–water partition coefficient (Wildman–Crippen LogP) is 1.57. The Kier molecular flexibility index (Phi) is 3.52. The smallest absolute Gasteiger partial charge is 0.267 e. The van der Waals surface area contributed by atoms with Crippen molar-refractivity contribution in [1.29, 1.82) is 0 Å². The molecule has 0 bridgehead atoms. The zero-order valence-electron chi connectivity index (χ0n) is 10.4. The zero-order chi connectivity index (χ0) is 12.4. The molecule has 1 amide bonds. The lowest BCUT2D eigenvalue weighted by atomic mass is 9.82. The molecule has 4 nitrogen and oxygen atoms in total. The van der Waals surface area contributed by atoms with E-state index < -0.39 is 0 Å². The molecule has 1 aliphatic rings. The van der Waals surface area contributed by atoms with Crippen molar-refractivity contribution in [3.05, 3.63) is 24.0 Å². The number of aliphatic hydroxyl groups is 1. The van der Waals surface area contributed by atoms with Gasteiger partial charge in [-0.1, -0.05) is 0 Å². The maximum Gasteiger partial charge on any atom is 0.267 e. The third-order valence-electron chi connectivity index (χ3n) is 3.33. The summed E-state index contributed by atoms with van der Waals surface area (Å²) in [5, 5.41) is 12.1. The lowest BCUT2D eigenvalue weighted by molar-refractivity contribution is 0.0419. The van der Waals surface area contributed by atoms with E-state index in [-0.39, 0.29) is 18.1 Å². The van der Waals surface area contributed by atoms with Crippen molar-refractivity contribution in [2.24, 2.45) is 5.92 Å². The maximum absolute atomic E-state index is 12.0. The van der Waals surface area contributed by atoms with Crippen LogP contribution in [0.2, 0.25) is 0 Å². The second-order valence-corrected chi connectivity index (χ2v) is 5.10. The number of carbonyl (C=O) groups excluding carboxylic acids is 1. The minimum atomic E-state index is -0.156. The van der Waals surface area contributed by atoms with Crippen molar-refractivity contribution in [2.75, 3.05) is 6.54 Å². The van der Waals surface area contributed by atoms with Gasteiger partial charge in [-0.05, 0) is 44.7 Å². The Balaban J connectivity index is 1.88. The summed E-state index contributed by atoms with van der Waals surface area (Å²) in [6, 6.07) is 4.02. The molecule has 0 spiro atoms. The summed E-state index contributed by atoms with van der Waals surface area (Å²) in [6.07, 6.45) is 3.39. The zero-order valence-corrected chi connectivity index (χ0v) is 10.4. The number of aliphatic hydroxyl groups excluding tert-OH is 1.